The van der Waals surface area contributed by atoms with Crippen LogP contribution in [-0.4, -0.2) is 6.54 Å². The molecule has 0 saturated carbocycles. The largest absolute Gasteiger partial charge is 0.330 e. The number of hydrogen-bond acceptors (Lipinski definition) is 1. The standard InChI is InChI=1S/C14H23N.C2H6/c1-11(2)14-9-12(3)8-13(10-14)6-4-5-7-15;1-2/h8-11H,4-7,15H2,1-3H3;1-2H3. The molecule has 98 valence electrons. The molecule has 0 heterocycles. The average Bonchev–Trinajstić information content (AvgIpc) is 2.31. The van der Waals surface area contributed by atoms with Crippen molar-refractivity contribution in [3.8, 4) is 0 Å². The Morgan fingerprint density at radius 3 is 2.24 bits per heavy atom. The molecular weight excluding hydrogens is 206 g/mol. The minimum absolute atomic E-state index is 0.623. The quantitative estimate of drug-likeness (QED) is 0.751. The molecule has 0 spiro atoms. The molecule has 1 aromatic rings. The van der Waals surface area contributed by atoms with Crippen LogP contribution < -0.4 is 5.73 Å². The van der Waals surface area contributed by atoms with Gasteiger partial charge >= 0.3 is 0 Å². The first-order chi connectivity index (χ1) is 8.13. The summed E-state index contributed by atoms with van der Waals surface area (Å²) in [6.07, 6.45) is 3.50. The Balaban J connectivity index is 0.00000121. The molecule has 1 nitrogen and oxygen atoms in total. The highest BCUT2D eigenvalue weighted by atomic mass is 14.5. The maximum atomic E-state index is 5.50. The normalized spacial score (nSPS) is 10.1. The molecule has 0 aliphatic rings. The highest BCUT2D eigenvalue weighted by Gasteiger charge is 2.02. The third-order valence-electron chi connectivity index (χ3n) is 2.75. The van der Waals surface area contributed by atoms with Crippen LogP contribution in [0.2, 0.25) is 0 Å². The van der Waals surface area contributed by atoms with Crippen molar-refractivity contribution in [2.45, 2.75) is 59.8 Å². The van der Waals surface area contributed by atoms with Gasteiger partial charge in [-0.3, -0.25) is 0 Å². The fourth-order valence-corrected chi connectivity index (χ4v) is 1.85. The van der Waals surface area contributed by atoms with E-state index >= 15 is 0 Å². The Morgan fingerprint density at radius 1 is 1.06 bits per heavy atom. The van der Waals surface area contributed by atoms with E-state index in [1.54, 1.807) is 0 Å². The number of aryl methyl sites for hydroxylation is 2. The molecule has 0 atom stereocenters. The van der Waals surface area contributed by atoms with Gasteiger partial charge in [-0.25, -0.2) is 0 Å². The van der Waals surface area contributed by atoms with E-state index in [-0.39, 0.29) is 0 Å². The first-order valence-corrected chi connectivity index (χ1v) is 6.94. The van der Waals surface area contributed by atoms with Crippen LogP contribution in [0.1, 0.15) is 63.1 Å². The Morgan fingerprint density at radius 2 is 1.71 bits per heavy atom. The number of unbranched alkanes of at least 4 members (excludes halogenated alkanes) is 1. The fraction of sp³-hybridized carbons (Fsp3) is 0.625. The van der Waals surface area contributed by atoms with Crippen molar-refractivity contribution in [2.75, 3.05) is 6.54 Å². The van der Waals surface area contributed by atoms with Crippen molar-refractivity contribution in [2.24, 2.45) is 5.73 Å². The van der Waals surface area contributed by atoms with E-state index in [0.717, 1.165) is 13.0 Å². The SMILES string of the molecule is CC.Cc1cc(CCCCN)cc(C(C)C)c1. The molecular formula is C16H29N. The van der Waals surface area contributed by atoms with Gasteiger partial charge in [0.15, 0.2) is 0 Å². The fourth-order valence-electron chi connectivity index (χ4n) is 1.85. The molecule has 1 aromatic carbocycles. The van der Waals surface area contributed by atoms with Crippen LogP contribution in [0.4, 0.5) is 0 Å². The smallest absolute Gasteiger partial charge is 0.00772 e. The van der Waals surface area contributed by atoms with Crippen molar-refractivity contribution >= 4 is 0 Å². The number of benzene rings is 1. The van der Waals surface area contributed by atoms with Crippen LogP contribution in [0.25, 0.3) is 0 Å². The molecule has 0 bridgehead atoms. The lowest BCUT2D eigenvalue weighted by Crippen LogP contribution is -1.99. The van der Waals surface area contributed by atoms with Gasteiger partial charge in [-0.05, 0) is 49.8 Å². The van der Waals surface area contributed by atoms with Gasteiger partial charge in [0.2, 0.25) is 0 Å². The Hall–Kier alpha value is -0.820. The van der Waals surface area contributed by atoms with Gasteiger partial charge in [-0.15, -0.1) is 0 Å². The van der Waals surface area contributed by atoms with E-state index in [1.165, 1.54) is 29.5 Å². The van der Waals surface area contributed by atoms with Gasteiger partial charge in [0, 0.05) is 0 Å². The van der Waals surface area contributed by atoms with E-state index in [1.807, 2.05) is 13.8 Å². The van der Waals surface area contributed by atoms with E-state index in [0.29, 0.717) is 5.92 Å². The third-order valence-corrected chi connectivity index (χ3v) is 2.75. The second-order valence-corrected chi connectivity index (χ2v) is 4.65. The summed E-state index contributed by atoms with van der Waals surface area (Å²) < 4.78 is 0. The van der Waals surface area contributed by atoms with Gasteiger partial charge in [-0.2, -0.15) is 0 Å². The predicted octanol–water partition coefficient (Wildman–Crippen LogP) is 4.43. The molecule has 0 amide bonds. The maximum Gasteiger partial charge on any atom is -0.00772 e. The van der Waals surface area contributed by atoms with E-state index in [4.69, 9.17) is 5.73 Å². The van der Waals surface area contributed by atoms with Crippen LogP contribution in [0.15, 0.2) is 18.2 Å². The summed E-state index contributed by atoms with van der Waals surface area (Å²) in [7, 11) is 0. The van der Waals surface area contributed by atoms with Gasteiger partial charge < -0.3 is 5.73 Å². The van der Waals surface area contributed by atoms with Crippen LogP contribution >= 0.6 is 0 Å². The summed E-state index contributed by atoms with van der Waals surface area (Å²) in [6, 6.07) is 6.92. The summed E-state index contributed by atoms with van der Waals surface area (Å²) in [5, 5.41) is 0. The van der Waals surface area contributed by atoms with Crippen LogP contribution in [0.5, 0.6) is 0 Å². The number of rotatable bonds is 5. The predicted molar refractivity (Wildman–Crippen MR) is 78.6 cm³/mol. The zero-order valence-corrected chi connectivity index (χ0v) is 12.2. The molecule has 0 radical (unpaired) electrons. The maximum absolute atomic E-state index is 5.50. The summed E-state index contributed by atoms with van der Waals surface area (Å²) >= 11 is 0. The molecule has 17 heavy (non-hydrogen) atoms. The highest BCUT2D eigenvalue weighted by molar-refractivity contribution is 5.31. The van der Waals surface area contributed by atoms with Crippen molar-refractivity contribution in [3.05, 3.63) is 34.9 Å². The lowest BCUT2D eigenvalue weighted by atomic mass is 9.96. The first-order valence-electron chi connectivity index (χ1n) is 6.94. The Kier molecular flexibility index (Phi) is 8.79. The van der Waals surface area contributed by atoms with Gasteiger partial charge in [0.25, 0.3) is 0 Å². The topological polar surface area (TPSA) is 26.0 Å². The van der Waals surface area contributed by atoms with Gasteiger partial charge in [0.05, 0.1) is 0 Å². The molecule has 1 rings (SSSR count). The van der Waals surface area contributed by atoms with E-state index in [2.05, 4.69) is 39.0 Å². The lowest BCUT2D eigenvalue weighted by molar-refractivity contribution is 0.742. The van der Waals surface area contributed by atoms with Crippen molar-refractivity contribution in [1.82, 2.24) is 0 Å². The first kappa shape index (κ1) is 16.2. The summed E-state index contributed by atoms with van der Waals surface area (Å²) in [5.74, 6) is 0.623. The molecule has 0 aliphatic heterocycles. The zero-order chi connectivity index (χ0) is 13.3. The molecule has 0 aliphatic carbocycles. The molecule has 0 saturated heterocycles. The van der Waals surface area contributed by atoms with Crippen molar-refractivity contribution in [3.63, 3.8) is 0 Å². The summed E-state index contributed by atoms with van der Waals surface area (Å²) in [6.45, 7) is 11.5. The van der Waals surface area contributed by atoms with Gasteiger partial charge in [-0.1, -0.05) is 51.5 Å². The summed E-state index contributed by atoms with van der Waals surface area (Å²) in [5.41, 5.74) is 9.80. The minimum atomic E-state index is 0.623. The van der Waals surface area contributed by atoms with E-state index in [9.17, 15) is 0 Å². The second kappa shape index (κ2) is 9.23. The van der Waals surface area contributed by atoms with Crippen LogP contribution in [0.3, 0.4) is 0 Å². The van der Waals surface area contributed by atoms with Crippen molar-refractivity contribution < 1.29 is 0 Å². The Bertz CT molecular complexity index is 302. The monoisotopic (exact) mass is 235 g/mol. The minimum Gasteiger partial charge on any atom is -0.330 e. The molecule has 0 fully saturated rings. The Labute approximate surface area is 107 Å². The summed E-state index contributed by atoms with van der Waals surface area (Å²) in [4.78, 5) is 0. The van der Waals surface area contributed by atoms with Crippen molar-refractivity contribution in [1.29, 1.82) is 0 Å². The average molecular weight is 235 g/mol. The lowest BCUT2D eigenvalue weighted by Gasteiger charge is -2.10. The van der Waals surface area contributed by atoms with E-state index < -0.39 is 0 Å². The van der Waals surface area contributed by atoms with Crippen LogP contribution in [0, 0.1) is 6.92 Å². The zero-order valence-electron chi connectivity index (χ0n) is 12.2. The third kappa shape index (κ3) is 6.48. The van der Waals surface area contributed by atoms with Gasteiger partial charge in [0.1, 0.15) is 0 Å². The molecule has 2 N–H and O–H groups in total. The molecule has 0 unspecified atom stereocenters. The highest BCUT2D eigenvalue weighted by Crippen LogP contribution is 2.19. The second-order valence-electron chi connectivity index (χ2n) is 4.65. The number of nitrogens with two attached hydrogens (primary N) is 1. The van der Waals surface area contributed by atoms with Crippen LogP contribution in [-0.2, 0) is 6.42 Å². The molecule has 1 heteroatoms. The molecule has 0 aromatic heterocycles. The number of hydrogen-bond donors (Lipinski definition) is 1.